The molecule has 0 aromatic heterocycles. The van der Waals surface area contributed by atoms with Crippen LogP contribution < -0.4 is 9.47 Å². The second-order valence-electron chi connectivity index (χ2n) is 8.82. The highest BCUT2D eigenvalue weighted by molar-refractivity contribution is 6.07. The fourth-order valence-corrected chi connectivity index (χ4v) is 4.77. The number of hydrogen-bond donors (Lipinski definition) is 0. The van der Waals surface area contributed by atoms with E-state index in [1.165, 1.54) is 36.4 Å². The van der Waals surface area contributed by atoms with Gasteiger partial charge in [-0.2, -0.15) is 10.5 Å². The Morgan fingerprint density at radius 3 is 1.24 bits per heavy atom. The summed E-state index contributed by atoms with van der Waals surface area (Å²) in [7, 11) is 0. The van der Waals surface area contributed by atoms with E-state index in [1.807, 2.05) is 0 Å². The van der Waals surface area contributed by atoms with Crippen LogP contribution in [0, 0.1) is 34.3 Å². The summed E-state index contributed by atoms with van der Waals surface area (Å²) in [5, 5.41) is 19.3. The van der Waals surface area contributed by atoms with Gasteiger partial charge in [0, 0.05) is 27.8 Å². The predicted octanol–water partition coefficient (Wildman–Crippen LogP) is 8.93. The maximum absolute atomic E-state index is 14.8. The normalized spacial score (nSPS) is 12.2. The largest absolute Gasteiger partial charge is 0.573 e. The van der Waals surface area contributed by atoms with Crippen molar-refractivity contribution in [2.24, 2.45) is 0 Å². The first-order valence-electron chi connectivity index (χ1n) is 11.7. The summed E-state index contributed by atoms with van der Waals surface area (Å²) < 4.78 is 119. The molecule has 4 aromatic carbocycles. The predicted molar refractivity (Wildman–Crippen MR) is 133 cm³/mol. The van der Waals surface area contributed by atoms with Crippen molar-refractivity contribution in [1.29, 1.82) is 10.5 Å². The number of alkyl halides is 6. The maximum Gasteiger partial charge on any atom is 0.573 e. The van der Waals surface area contributed by atoms with E-state index < -0.39 is 41.4 Å². The third-order valence-electron chi connectivity index (χ3n) is 6.32. The standard InChI is InChI=1S/C30H12F8N2O2/c31-24-7-3-1-5-16(24)20-9-18-19-10-21(17-6-2-4-8-25(17)32)27(42-30(36,37)38)12-23(19)28(15(13-39)14-40)22(18)11-26(20)41-29(33,34)35/h1-12H. The highest BCUT2D eigenvalue weighted by Crippen LogP contribution is 2.53. The Balaban J connectivity index is 1.91. The van der Waals surface area contributed by atoms with Crippen molar-refractivity contribution >= 4 is 5.57 Å². The number of benzene rings is 4. The average molecular weight is 584 g/mol. The van der Waals surface area contributed by atoms with E-state index >= 15 is 0 Å². The Morgan fingerprint density at radius 1 is 0.524 bits per heavy atom. The van der Waals surface area contributed by atoms with E-state index in [0.29, 0.717) is 0 Å². The molecular formula is C30H12F8N2O2. The van der Waals surface area contributed by atoms with Crippen LogP contribution in [0.5, 0.6) is 11.5 Å². The number of nitriles is 2. The van der Waals surface area contributed by atoms with Gasteiger partial charge in [-0.15, -0.1) is 26.3 Å². The molecule has 0 aliphatic heterocycles. The molecule has 4 aromatic rings. The average Bonchev–Trinajstić information content (AvgIpc) is 3.19. The van der Waals surface area contributed by atoms with E-state index in [2.05, 4.69) is 9.47 Å². The van der Waals surface area contributed by atoms with Gasteiger partial charge in [-0.3, -0.25) is 0 Å². The highest BCUT2D eigenvalue weighted by Gasteiger charge is 2.38. The molecule has 0 saturated carbocycles. The van der Waals surface area contributed by atoms with Crippen molar-refractivity contribution in [3.8, 4) is 57.0 Å². The summed E-state index contributed by atoms with van der Waals surface area (Å²) in [6.45, 7) is 0. The summed E-state index contributed by atoms with van der Waals surface area (Å²) in [6, 6.07) is 16.7. The Hall–Kier alpha value is -5.36. The molecule has 210 valence electrons. The van der Waals surface area contributed by atoms with Gasteiger partial charge in [-0.1, -0.05) is 36.4 Å². The van der Waals surface area contributed by atoms with Crippen LogP contribution in [0.25, 0.3) is 39.0 Å². The molecule has 42 heavy (non-hydrogen) atoms. The van der Waals surface area contributed by atoms with Crippen LogP contribution in [0.3, 0.4) is 0 Å². The zero-order chi connectivity index (χ0) is 30.4. The Kier molecular flexibility index (Phi) is 6.87. The lowest BCUT2D eigenvalue weighted by Gasteiger charge is -2.17. The van der Waals surface area contributed by atoms with Crippen molar-refractivity contribution in [2.45, 2.75) is 12.7 Å². The van der Waals surface area contributed by atoms with Gasteiger partial charge < -0.3 is 9.47 Å². The van der Waals surface area contributed by atoms with Gasteiger partial charge in [0.05, 0.1) is 0 Å². The number of ether oxygens (including phenoxy) is 2. The third kappa shape index (κ3) is 5.22. The van der Waals surface area contributed by atoms with Gasteiger partial charge in [0.25, 0.3) is 0 Å². The smallest absolute Gasteiger partial charge is 0.405 e. The molecule has 0 amide bonds. The van der Waals surface area contributed by atoms with Gasteiger partial charge in [-0.05, 0) is 58.7 Å². The van der Waals surface area contributed by atoms with Crippen LogP contribution in [0.4, 0.5) is 35.1 Å². The molecule has 0 N–H and O–H groups in total. The first-order valence-corrected chi connectivity index (χ1v) is 11.7. The summed E-state index contributed by atoms with van der Waals surface area (Å²) in [5.41, 5.74) is -2.66. The number of fused-ring (bicyclic) bond motifs is 3. The molecule has 5 rings (SSSR count). The first-order chi connectivity index (χ1) is 19.8. The molecule has 0 fully saturated rings. The fraction of sp³-hybridized carbons (Fsp3) is 0.0667. The highest BCUT2D eigenvalue weighted by atomic mass is 19.4. The summed E-state index contributed by atoms with van der Waals surface area (Å²) in [5.74, 6) is -3.61. The van der Waals surface area contributed by atoms with Crippen LogP contribution in [-0.4, -0.2) is 12.7 Å². The second kappa shape index (κ2) is 10.2. The minimum Gasteiger partial charge on any atom is -0.405 e. The molecule has 0 unspecified atom stereocenters. The zero-order valence-corrected chi connectivity index (χ0v) is 20.7. The molecule has 0 heterocycles. The molecule has 0 bridgehead atoms. The number of nitrogens with zero attached hydrogens (tertiary/aromatic N) is 2. The van der Waals surface area contributed by atoms with Crippen molar-refractivity contribution in [2.75, 3.05) is 0 Å². The third-order valence-corrected chi connectivity index (χ3v) is 6.32. The Labute approximate surface area is 231 Å². The molecule has 4 nitrogen and oxygen atoms in total. The van der Waals surface area contributed by atoms with Gasteiger partial charge in [0.1, 0.15) is 40.8 Å². The lowest BCUT2D eigenvalue weighted by Crippen LogP contribution is -2.18. The molecule has 1 aliphatic rings. The molecule has 12 heteroatoms. The minimum absolute atomic E-state index is 0.0203. The molecule has 1 aliphatic carbocycles. The van der Waals surface area contributed by atoms with Crippen molar-refractivity contribution < 1.29 is 44.6 Å². The quantitative estimate of drug-likeness (QED) is 0.156. The van der Waals surface area contributed by atoms with E-state index in [-0.39, 0.29) is 50.1 Å². The van der Waals surface area contributed by atoms with Crippen molar-refractivity contribution in [1.82, 2.24) is 0 Å². The number of allylic oxidation sites excluding steroid dienone is 1. The monoisotopic (exact) mass is 584 g/mol. The zero-order valence-electron chi connectivity index (χ0n) is 20.7. The van der Waals surface area contributed by atoms with Crippen LogP contribution in [0.1, 0.15) is 11.1 Å². The molecule has 0 atom stereocenters. The molecule has 0 radical (unpaired) electrons. The van der Waals surface area contributed by atoms with Crippen molar-refractivity contribution in [3.63, 3.8) is 0 Å². The van der Waals surface area contributed by atoms with Gasteiger partial charge in [0.15, 0.2) is 0 Å². The van der Waals surface area contributed by atoms with Crippen LogP contribution in [-0.2, 0) is 0 Å². The maximum atomic E-state index is 14.8. The number of hydrogen-bond acceptors (Lipinski definition) is 4. The van der Waals surface area contributed by atoms with E-state index in [9.17, 15) is 45.6 Å². The Morgan fingerprint density at radius 2 is 0.905 bits per heavy atom. The van der Waals surface area contributed by atoms with E-state index in [1.54, 1.807) is 12.1 Å². The number of halogens is 8. The van der Waals surface area contributed by atoms with Gasteiger partial charge in [0.2, 0.25) is 0 Å². The van der Waals surface area contributed by atoms with Crippen LogP contribution in [0.2, 0.25) is 0 Å². The summed E-state index contributed by atoms with van der Waals surface area (Å²) in [4.78, 5) is 0. The van der Waals surface area contributed by atoms with E-state index in [4.69, 9.17) is 0 Å². The molecule has 0 saturated heterocycles. The van der Waals surface area contributed by atoms with Crippen molar-refractivity contribution in [3.05, 3.63) is 101 Å². The van der Waals surface area contributed by atoms with Crippen LogP contribution in [0.15, 0.2) is 78.4 Å². The van der Waals surface area contributed by atoms with Crippen LogP contribution >= 0.6 is 0 Å². The number of rotatable bonds is 4. The molecule has 0 spiro atoms. The minimum atomic E-state index is -5.25. The van der Waals surface area contributed by atoms with Gasteiger partial charge >= 0.3 is 12.7 Å². The lowest BCUT2D eigenvalue weighted by atomic mass is 9.94. The first kappa shape index (κ1) is 28.2. The van der Waals surface area contributed by atoms with E-state index in [0.717, 1.165) is 36.4 Å². The Bertz CT molecular complexity index is 1730. The topological polar surface area (TPSA) is 66.0 Å². The summed E-state index contributed by atoms with van der Waals surface area (Å²) >= 11 is 0. The lowest BCUT2D eigenvalue weighted by molar-refractivity contribution is -0.275. The summed E-state index contributed by atoms with van der Waals surface area (Å²) in [6.07, 6.45) is -10.5. The SMILES string of the molecule is N#CC(C#N)=C1c2cc(OC(F)(F)F)c(-c3ccccc3F)cc2-c2cc(-c3ccccc3F)c(OC(F)(F)F)cc21. The van der Waals surface area contributed by atoms with Gasteiger partial charge in [-0.25, -0.2) is 8.78 Å². The second-order valence-corrected chi connectivity index (χ2v) is 8.82. The molecular weight excluding hydrogens is 572 g/mol. The fourth-order valence-electron chi connectivity index (χ4n) is 4.77.